The summed E-state index contributed by atoms with van der Waals surface area (Å²) in [6.45, 7) is 0.504. The number of rotatable bonds is 3. The number of anilines is 1. The number of aromatic nitrogens is 4. The topological polar surface area (TPSA) is 79.2 Å². The Labute approximate surface area is 154 Å². The minimum absolute atomic E-state index is 0.129. The molecule has 0 unspecified atom stereocenters. The first-order valence-electron chi connectivity index (χ1n) is 8.93. The van der Waals surface area contributed by atoms with Gasteiger partial charge in [-0.1, -0.05) is 0 Å². The molecule has 1 aliphatic heterocycles. The van der Waals surface area contributed by atoms with Gasteiger partial charge in [-0.3, -0.25) is 9.48 Å². The lowest BCUT2D eigenvalue weighted by molar-refractivity contribution is -0.123. The van der Waals surface area contributed by atoms with Crippen LogP contribution in [0.2, 0.25) is 0 Å². The van der Waals surface area contributed by atoms with Crippen molar-refractivity contribution < 1.29 is 9.18 Å². The average Bonchev–Trinajstić information content (AvgIpc) is 3.20. The molecule has 0 aromatic carbocycles. The van der Waals surface area contributed by atoms with Gasteiger partial charge in [-0.2, -0.15) is 14.8 Å². The normalized spacial score (nSPS) is 22.6. The third-order valence-corrected chi connectivity index (χ3v) is 5.70. The van der Waals surface area contributed by atoms with Crippen LogP contribution in [0.25, 0.3) is 16.6 Å². The third-order valence-electron chi connectivity index (χ3n) is 5.70. The van der Waals surface area contributed by atoms with Crippen LogP contribution in [0.5, 0.6) is 0 Å². The number of fused-ring (bicyclic) bond motifs is 1. The highest BCUT2D eigenvalue weighted by Crippen LogP contribution is 2.52. The molecule has 3 aromatic rings. The Kier molecular flexibility index (Phi) is 3.20. The summed E-state index contributed by atoms with van der Waals surface area (Å²) in [5, 5.41) is 17.7. The highest BCUT2D eigenvalue weighted by atomic mass is 19.1. The molecule has 27 heavy (non-hydrogen) atoms. The molecule has 1 aliphatic carbocycles. The van der Waals surface area contributed by atoms with Gasteiger partial charge in [-0.25, -0.2) is 4.52 Å². The summed E-state index contributed by atoms with van der Waals surface area (Å²) in [5.41, 5.74) is 1.52. The van der Waals surface area contributed by atoms with Crippen molar-refractivity contribution in [1.82, 2.24) is 19.4 Å². The Morgan fingerprint density at radius 3 is 2.85 bits per heavy atom. The molecule has 8 heteroatoms. The van der Waals surface area contributed by atoms with Crippen molar-refractivity contribution in [2.24, 2.45) is 18.4 Å². The molecule has 2 aliphatic rings. The third kappa shape index (κ3) is 2.21. The van der Waals surface area contributed by atoms with Gasteiger partial charge in [0.25, 0.3) is 0 Å². The summed E-state index contributed by atoms with van der Waals surface area (Å²) in [6, 6.07) is 5.88. The second-order valence-electron chi connectivity index (χ2n) is 7.35. The lowest BCUT2D eigenvalue weighted by atomic mass is 9.83. The standard InChI is InChI=1S/C19H17FN6O/c1-24-10-14(17(20)23-24)12-8-16-15(4-6-22-26(16)9-12)25-7-5-19(11-21,18(25)27)13-2-3-13/h4,6,8-10,13H,2-3,5,7H2,1H3/t19-/m1/s1. The van der Waals surface area contributed by atoms with E-state index in [0.29, 0.717) is 35.3 Å². The lowest BCUT2D eigenvalue weighted by Gasteiger charge is -2.21. The molecule has 1 saturated heterocycles. The second-order valence-corrected chi connectivity index (χ2v) is 7.35. The Balaban J connectivity index is 1.60. The zero-order valence-corrected chi connectivity index (χ0v) is 14.8. The fourth-order valence-electron chi connectivity index (χ4n) is 4.15. The first-order valence-corrected chi connectivity index (χ1v) is 8.93. The van der Waals surface area contributed by atoms with E-state index in [-0.39, 0.29) is 11.8 Å². The molecule has 5 rings (SSSR count). The van der Waals surface area contributed by atoms with Crippen LogP contribution >= 0.6 is 0 Å². The van der Waals surface area contributed by atoms with Gasteiger partial charge in [-0.15, -0.1) is 5.10 Å². The number of carbonyl (C=O) groups excluding carboxylic acids is 1. The maximum atomic E-state index is 14.1. The van der Waals surface area contributed by atoms with E-state index in [1.54, 1.807) is 47.2 Å². The van der Waals surface area contributed by atoms with Gasteiger partial charge in [0, 0.05) is 37.7 Å². The van der Waals surface area contributed by atoms with Gasteiger partial charge in [0.05, 0.1) is 22.8 Å². The van der Waals surface area contributed by atoms with Gasteiger partial charge in [0.1, 0.15) is 5.41 Å². The molecule has 0 radical (unpaired) electrons. The maximum absolute atomic E-state index is 14.1. The van der Waals surface area contributed by atoms with E-state index < -0.39 is 11.4 Å². The van der Waals surface area contributed by atoms with E-state index >= 15 is 0 Å². The van der Waals surface area contributed by atoms with Crippen LogP contribution < -0.4 is 4.90 Å². The highest BCUT2D eigenvalue weighted by Gasteiger charge is 2.57. The minimum atomic E-state index is -0.898. The van der Waals surface area contributed by atoms with Crippen molar-refractivity contribution in [2.45, 2.75) is 19.3 Å². The number of hydrogen-bond donors (Lipinski definition) is 0. The molecule has 0 bridgehead atoms. The fourth-order valence-corrected chi connectivity index (χ4v) is 4.15. The van der Waals surface area contributed by atoms with Gasteiger partial charge < -0.3 is 4.90 Å². The van der Waals surface area contributed by atoms with Crippen LogP contribution in [0.15, 0.2) is 30.7 Å². The molecule has 0 spiro atoms. The van der Waals surface area contributed by atoms with Gasteiger partial charge in [0.2, 0.25) is 11.9 Å². The van der Waals surface area contributed by atoms with E-state index in [1.165, 1.54) is 4.68 Å². The van der Waals surface area contributed by atoms with E-state index in [2.05, 4.69) is 16.3 Å². The summed E-state index contributed by atoms with van der Waals surface area (Å²) in [7, 11) is 1.66. The lowest BCUT2D eigenvalue weighted by Crippen LogP contribution is -2.35. The fraction of sp³-hybridized carbons (Fsp3) is 0.368. The van der Waals surface area contributed by atoms with E-state index in [9.17, 15) is 14.4 Å². The molecule has 3 aromatic heterocycles. The Bertz CT molecular complexity index is 1120. The molecule has 4 heterocycles. The maximum Gasteiger partial charge on any atom is 0.247 e. The number of nitriles is 1. The number of aryl methyl sites for hydroxylation is 1. The van der Waals surface area contributed by atoms with Crippen LogP contribution in [0, 0.1) is 28.6 Å². The zero-order valence-electron chi connectivity index (χ0n) is 14.8. The molecule has 136 valence electrons. The van der Waals surface area contributed by atoms with Crippen LogP contribution in [-0.4, -0.2) is 31.8 Å². The summed E-state index contributed by atoms with van der Waals surface area (Å²) >= 11 is 0. The van der Waals surface area contributed by atoms with Crippen LogP contribution in [0.4, 0.5) is 10.1 Å². The van der Waals surface area contributed by atoms with E-state index in [1.807, 2.05) is 0 Å². The molecule has 1 amide bonds. The van der Waals surface area contributed by atoms with Crippen LogP contribution in [0.1, 0.15) is 19.3 Å². The molecule has 7 nitrogen and oxygen atoms in total. The van der Waals surface area contributed by atoms with Crippen molar-refractivity contribution in [1.29, 1.82) is 5.26 Å². The van der Waals surface area contributed by atoms with Gasteiger partial charge in [-0.05, 0) is 37.3 Å². The van der Waals surface area contributed by atoms with Crippen molar-refractivity contribution >= 4 is 17.1 Å². The predicted molar refractivity (Wildman–Crippen MR) is 95.1 cm³/mol. The minimum Gasteiger partial charge on any atom is -0.309 e. The monoisotopic (exact) mass is 364 g/mol. The Morgan fingerprint density at radius 2 is 2.19 bits per heavy atom. The van der Waals surface area contributed by atoms with Crippen LogP contribution in [-0.2, 0) is 11.8 Å². The number of hydrogen-bond acceptors (Lipinski definition) is 4. The quantitative estimate of drug-likeness (QED) is 0.715. The molecular formula is C19H17FN6O. The van der Waals surface area contributed by atoms with Crippen molar-refractivity contribution in [3.05, 3.63) is 36.7 Å². The number of amides is 1. The smallest absolute Gasteiger partial charge is 0.247 e. The Hall–Kier alpha value is -3.21. The van der Waals surface area contributed by atoms with Crippen LogP contribution in [0.3, 0.4) is 0 Å². The summed E-state index contributed by atoms with van der Waals surface area (Å²) in [6.07, 6.45) is 7.37. The first kappa shape index (κ1) is 16.0. The molecular weight excluding hydrogens is 347 g/mol. The molecule has 1 saturated carbocycles. The van der Waals surface area contributed by atoms with Crippen molar-refractivity contribution in [2.75, 3.05) is 11.4 Å². The number of nitrogens with zero attached hydrogens (tertiary/aromatic N) is 6. The first-order chi connectivity index (χ1) is 13.0. The number of halogens is 1. The second kappa shape index (κ2) is 5.39. The SMILES string of the molecule is Cn1cc(-c2cc3c(N4CC[C@@](C#N)(C5CC5)C4=O)ccnn3c2)c(F)n1. The Morgan fingerprint density at radius 1 is 1.37 bits per heavy atom. The average molecular weight is 364 g/mol. The molecule has 0 N–H and O–H groups in total. The molecule has 1 atom stereocenters. The van der Waals surface area contributed by atoms with E-state index in [0.717, 1.165) is 12.8 Å². The van der Waals surface area contributed by atoms with Gasteiger partial charge >= 0.3 is 0 Å². The predicted octanol–water partition coefficient (Wildman–Crippen LogP) is 2.53. The summed E-state index contributed by atoms with van der Waals surface area (Å²) in [4.78, 5) is 14.8. The zero-order chi connectivity index (χ0) is 18.8. The van der Waals surface area contributed by atoms with Crippen molar-refractivity contribution in [3.8, 4) is 17.2 Å². The number of carbonyl (C=O) groups is 1. The molecule has 2 fully saturated rings. The largest absolute Gasteiger partial charge is 0.309 e. The van der Waals surface area contributed by atoms with E-state index in [4.69, 9.17) is 0 Å². The highest BCUT2D eigenvalue weighted by molar-refractivity contribution is 6.05. The van der Waals surface area contributed by atoms with Crippen molar-refractivity contribution in [3.63, 3.8) is 0 Å². The summed E-state index contributed by atoms with van der Waals surface area (Å²) in [5.74, 6) is -0.509. The summed E-state index contributed by atoms with van der Waals surface area (Å²) < 4.78 is 17.1. The van der Waals surface area contributed by atoms with Gasteiger partial charge in [0.15, 0.2) is 0 Å².